The number of carbonyl (C=O) groups is 1. The van der Waals surface area contributed by atoms with E-state index in [2.05, 4.69) is 20.5 Å². The quantitative estimate of drug-likeness (QED) is 0.826. The summed E-state index contributed by atoms with van der Waals surface area (Å²) in [6.07, 6.45) is 1.06. The Morgan fingerprint density at radius 3 is 2.88 bits per heavy atom. The lowest BCUT2D eigenvalue weighted by atomic mass is 10.1. The first-order valence-corrected chi connectivity index (χ1v) is 8.46. The number of hydrogen-bond acceptors (Lipinski definition) is 6. The summed E-state index contributed by atoms with van der Waals surface area (Å²) in [5.74, 6) is 0.274. The van der Waals surface area contributed by atoms with Crippen LogP contribution in [0.25, 0.3) is 0 Å². The fourth-order valence-electron chi connectivity index (χ4n) is 2.68. The van der Waals surface area contributed by atoms with E-state index in [1.807, 2.05) is 6.92 Å². The molecular formula is C15H20ClN5O2S. The molecule has 2 N–H and O–H groups in total. The van der Waals surface area contributed by atoms with E-state index in [-0.39, 0.29) is 29.6 Å². The Morgan fingerprint density at radius 2 is 2.29 bits per heavy atom. The van der Waals surface area contributed by atoms with Crippen molar-refractivity contribution in [2.45, 2.75) is 19.9 Å². The molecule has 1 amide bonds. The van der Waals surface area contributed by atoms with Crippen molar-refractivity contribution in [2.24, 2.45) is 5.92 Å². The van der Waals surface area contributed by atoms with Crippen LogP contribution in [0.2, 0.25) is 0 Å². The molecule has 1 aliphatic heterocycles. The van der Waals surface area contributed by atoms with E-state index < -0.39 is 0 Å². The van der Waals surface area contributed by atoms with Crippen molar-refractivity contribution >= 4 is 29.7 Å². The molecule has 2 aromatic heterocycles. The second kappa shape index (κ2) is 8.36. The van der Waals surface area contributed by atoms with Gasteiger partial charge < -0.3 is 10.2 Å². The van der Waals surface area contributed by atoms with Gasteiger partial charge in [0.25, 0.3) is 11.5 Å². The van der Waals surface area contributed by atoms with Crippen LogP contribution < -0.4 is 10.9 Å². The molecule has 0 radical (unpaired) electrons. The van der Waals surface area contributed by atoms with Crippen molar-refractivity contribution in [2.75, 3.05) is 19.6 Å². The number of halogens is 1. The minimum atomic E-state index is -0.314. The summed E-state index contributed by atoms with van der Waals surface area (Å²) in [7, 11) is 0. The average molecular weight is 370 g/mol. The maximum atomic E-state index is 12.8. The third-order valence-corrected chi connectivity index (χ3v) is 4.93. The predicted octanol–water partition coefficient (Wildman–Crippen LogP) is 1.21. The Kier molecular flexibility index (Phi) is 6.47. The Balaban J connectivity index is 0.00000208. The molecule has 3 heterocycles. The summed E-state index contributed by atoms with van der Waals surface area (Å²) in [5.41, 5.74) is 2.69. The van der Waals surface area contributed by atoms with Gasteiger partial charge in [-0.25, -0.2) is 10.1 Å². The topological polar surface area (TPSA) is 91.0 Å². The number of hydrogen-bond donors (Lipinski definition) is 2. The molecule has 1 atom stereocenters. The second-order valence-corrected chi connectivity index (χ2v) is 6.65. The van der Waals surface area contributed by atoms with Crippen LogP contribution >= 0.6 is 23.7 Å². The lowest BCUT2D eigenvalue weighted by Gasteiger charge is -2.24. The van der Waals surface area contributed by atoms with Gasteiger partial charge in [-0.2, -0.15) is 5.10 Å². The van der Waals surface area contributed by atoms with Gasteiger partial charge in [0.05, 0.1) is 17.7 Å². The average Bonchev–Trinajstić information content (AvgIpc) is 3.19. The summed E-state index contributed by atoms with van der Waals surface area (Å²) >= 11 is 1.55. The van der Waals surface area contributed by atoms with Crippen LogP contribution in [0.1, 0.15) is 27.5 Å². The number of nitrogens with one attached hydrogen (secondary N) is 2. The highest BCUT2D eigenvalue weighted by atomic mass is 35.5. The van der Waals surface area contributed by atoms with Gasteiger partial charge in [0.1, 0.15) is 5.69 Å². The molecule has 130 valence electrons. The molecule has 0 bridgehead atoms. The minimum Gasteiger partial charge on any atom is -0.332 e. The van der Waals surface area contributed by atoms with Crippen LogP contribution in [0.4, 0.5) is 0 Å². The van der Waals surface area contributed by atoms with Crippen molar-refractivity contribution in [3.05, 3.63) is 44.3 Å². The van der Waals surface area contributed by atoms with E-state index in [0.29, 0.717) is 19.0 Å². The predicted molar refractivity (Wildman–Crippen MR) is 94.7 cm³/mol. The first-order valence-electron chi connectivity index (χ1n) is 7.58. The lowest BCUT2D eigenvalue weighted by Crippen LogP contribution is -2.36. The first-order chi connectivity index (χ1) is 11.1. The van der Waals surface area contributed by atoms with Crippen LogP contribution in [-0.4, -0.2) is 45.6 Å². The summed E-state index contributed by atoms with van der Waals surface area (Å²) < 4.78 is 0. The highest BCUT2D eigenvalue weighted by Gasteiger charge is 2.24. The van der Waals surface area contributed by atoms with Crippen LogP contribution in [0, 0.1) is 12.8 Å². The van der Waals surface area contributed by atoms with Crippen LogP contribution in [0.3, 0.4) is 0 Å². The van der Waals surface area contributed by atoms with Gasteiger partial charge in [0, 0.05) is 17.5 Å². The normalized spacial score (nSPS) is 16.6. The Morgan fingerprint density at radius 1 is 1.46 bits per heavy atom. The molecule has 2 aromatic rings. The number of rotatable bonds is 5. The van der Waals surface area contributed by atoms with E-state index in [1.165, 1.54) is 12.1 Å². The Labute approximate surface area is 149 Å². The van der Waals surface area contributed by atoms with E-state index in [4.69, 9.17) is 0 Å². The molecule has 3 rings (SSSR count). The second-order valence-electron chi connectivity index (χ2n) is 5.71. The molecule has 0 aliphatic carbocycles. The largest absolute Gasteiger partial charge is 0.332 e. The standard InChI is InChI=1S/C15H19N5O2S.ClH/c1-10-13(23-9-17-10)8-20(7-11-4-5-16-6-11)15(22)12-2-3-14(21)19-18-12;/h2-3,9,11,16H,4-8H2,1H3,(H,19,21);1H. The molecule has 7 nitrogen and oxygen atoms in total. The minimum absolute atomic E-state index is 0. The number of carbonyl (C=O) groups excluding carboxylic acids is 1. The number of amides is 1. The third kappa shape index (κ3) is 4.40. The van der Waals surface area contributed by atoms with Gasteiger partial charge in [-0.1, -0.05) is 0 Å². The maximum Gasteiger partial charge on any atom is 0.274 e. The summed E-state index contributed by atoms with van der Waals surface area (Å²) in [4.78, 5) is 31.1. The highest BCUT2D eigenvalue weighted by Crippen LogP contribution is 2.19. The van der Waals surface area contributed by atoms with E-state index in [9.17, 15) is 9.59 Å². The SMILES string of the molecule is Cc1ncsc1CN(CC1CCNC1)C(=O)c1ccc(=O)[nH]n1.Cl. The zero-order valence-electron chi connectivity index (χ0n) is 13.3. The molecule has 0 saturated carbocycles. The van der Waals surface area contributed by atoms with Crippen molar-refractivity contribution in [3.8, 4) is 0 Å². The number of aromatic amines is 1. The van der Waals surface area contributed by atoms with E-state index >= 15 is 0 Å². The summed E-state index contributed by atoms with van der Waals surface area (Å²) in [5, 5.41) is 9.52. The Hall–Kier alpha value is -1.77. The molecule has 0 aromatic carbocycles. The zero-order chi connectivity index (χ0) is 16.2. The molecular weight excluding hydrogens is 350 g/mol. The van der Waals surface area contributed by atoms with Gasteiger partial charge in [-0.3, -0.25) is 9.59 Å². The first kappa shape index (κ1) is 18.6. The molecule has 1 aliphatic rings. The molecule has 1 saturated heterocycles. The number of aromatic nitrogens is 3. The van der Waals surface area contributed by atoms with Gasteiger partial charge in [0.2, 0.25) is 0 Å². The molecule has 1 unspecified atom stereocenters. The maximum absolute atomic E-state index is 12.8. The van der Waals surface area contributed by atoms with Gasteiger partial charge in [0.15, 0.2) is 0 Å². The van der Waals surface area contributed by atoms with E-state index in [0.717, 1.165) is 30.1 Å². The fourth-order valence-corrected chi connectivity index (χ4v) is 3.47. The third-order valence-electron chi connectivity index (χ3n) is 4.01. The van der Waals surface area contributed by atoms with Crippen molar-refractivity contribution in [1.82, 2.24) is 25.4 Å². The smallest absolute Gasteiger partial charge is 0.274 e. The van der Waals surface area contributed by atoms with E-state index in [1.54, 1.807) is 21.7 Å². The van der Waals surface area contributed by atoms with Crippen molar-refractivity contribution in [1.29, 1.82) is 0 Å². The van der Waals surface area contributed by atoms with Crippen LogP contribution in [0.15, 0.2) is 22.4 Å². The summed E-state index contributed by atoms with van der Waals surface area (Å²) in [6.45, 7) is 5.05. The zero-order valence-corrected chi connectivity index (χ0v) is 15.0. The number of H-pyrrole nitrogens is 1. The van der Waals surface area contributed by atoms with Crippen molar-refractivity contribution < 1.29 is 4.79 Å². The number of thiazole rings is 1. The molecule has 24 heavy (non-hydrogen) atoms. The van der Waals surface area contributed by atoms with Crippen LogP contribution in [0.5, 0.6) is 0 Å². The monoisotopic (exact) mass is 369 g/mol. The Bertz CT molecular complexity index is 721. The highest BCUT2D eigenvalue weighted by molar-refractivity contribution is 7.09. The molecule has 9 heteroatoms. The number of aryl methyl sites for hydroxylation is 1. The van der Waals surface area contributed by atoms with Gasteiger partial charge in [-0.05, 0) is 38.4 Å². The number of nitrogens with zero attached hydrogens (tertiary/aromatic N) is 3. The summed E-state index contributed by atoms with van der Waals surface area (Å²) in [6, 6.07) is 2.80. The van der Waals surface area contributed by atoms with Gasteiger partial charge >= 0.3 is 0 Å². The van der Waals surface area contributed by atoms with Gasteiger partial charge in [-0.15, -0.1) is 23.7 Å². The fraction of sp³-hybridized carbons (Fsp3) is 0.467. The molecule has 1 fully saturated rings. The lowest BCUT2D eigenvalue weighted by molar-refractivity contribution is 0.0713. The molecule has 0 spiro atoms. The van der Waals surface area contributed by atoms with Crippen LogP contribution in [-0.2, 0) is 6.54 Å². The van der Waals surface area contributed by atoms with Crippen molar-refractivity contribution in [3.63, 3.8) is 0 Å².